The molecule has 3 rings (SSSR count). The highest BCUT2D eigenvalue weighted by molar-refractivity contribution is 8.00. The van der Waals surface area contributed by atoms with E-state index >= 15 is 0 Å². The van der Waals surface area contributed by atoms with Crippen LogP contribution in [-0.2, 0) is 4.79 Å². The molecule has 1 aliphatic heterocycles. The topological polar surface area (TPSA) is 57.0 Å². The largest absolute Gasteiger partial charge is 0.311 e. The van der Waals surface area contributed by atoms with Crippen LogP contribution in [-0.4, -0.2) is 28.4 Å². The Kier molecular flexibility index (Phi) is 6.13. The van der Waals surface area contributed by atoms with Crippen LogP contribution < -0.4 is 4.90 Å². The van der Waals surface area contributed by atoms with Crippen LogP contribution in [0.4, 0.5) is 5.69 Å². The molecule has 0 saturated heterocycles. The van der Waals surface area contributed by atoms with Gasteiger partial charge >= 0.3 is 0 Å². The number of pyridine rings is 1. The highest BCUT2D eigenvalue weighted by Gasteiger charge is 2.24. The number of anilines is 1. The second-order valence-corrected chi connectivity index (χ2v) is 9.20. The van der Waals surface area contributed by atoms with E-state index in [1.54, 1.807) is 0 Å². The van der Waals surface area contributed by atoms with Gasteiger partial charge in [0.15, 0.2) is 0 Å². The number of nitrogens with zero attached hydrogens (tertiary/aromatic N) is 3. The van der Waals surface area contributed by atoms with Crippen molar-refractivity contribution in [3.05, 3.63) is 46.6 Å². The Morgan fingerprint density at radius 3 is 2.81 bits per heavy atom. The normalized spacial score (nSPS) is 16.4. The van der Waals surface area contributed by atoms with Gasteiger partial charge in [0.25, 0.3) is 0 Å². The molecule has 0 saturated carbocycles. The number of hydrogen-bond donors (Lipinski definition) is 0. The number of amides is 1. The maximum atomic E-state index is 13.0. The van der Waals surface area contributed by atoms with Crippen molar-refractivity contribution in [1.29, 1.82) is 5.26 Å². The second-order valence-electron chi connectivity index (χ2n) is 6.76. The van der Waals surface area contributed by atoms with Crippen LogP contribution in [0.25, 0.3) is 0 Å². The fourth-order valence-electron chi connectivity index (χ4n) is 3.10. The van der Waals surface area contributed by atoms with Gasteiger partial charge in [-0.05, 0) is 50.5 Å². The SMILES string of the molecule is Cc1nc(SCC(=O)N2CC[C@H](C)Sc3ccccc32)c(C#N)c(C)c1C. The number of fused-ring (bicyclic) bond motifs is 1. The van der Waals surface area contributed by atoms with E-state index in [2.05, 4.69) is 24.0 Å². The highest BCUT2D eigenvalue weighted by atomic mass is 32.2. The first-order valence-corrected chi connectivity index (χ1v) is 10.9. The second kappa shape index (κ2) is 8.37. The van der Waals surface area contributed by atoms with Gasteiger partial charge in [-0.1, -0.05) is 30.8 Å². The predicted octanol–water partition coefficient (Wildman–Crippen LogP) is 4.89. The summed E-state index contributed by atoms with van der Waals surface area (Å²) < 4.78 is 0. The summed E-state index contributed by atoms with van der Waals surface area (Å²) in [6, 6.07) is 10.3. The van der Waals surface area contributed by atoms with Crippen molar-refractivity contribution in [2.75, 3.05) is 17.2 Å². The average Bonchev–Trinajstić information content (AvgIpc) is 2.82. The molecule has 0 radical (unpaired) electrons. The van der Waals surface area contributed by atoms with E-state index in [1.165, 1.54) is 11.8 Å². The van der Waals surface area contributed by atoms with Crippen molar-refractivity contribution >= 4 is 35.1 Å². The fourth-order valence-corrected chi connectivity index (χ4v) is 5.17. The van der Waals surface area contributed by atoms with Crippen LogP contribution in [0.2, 0.25) is 0 Å². The van der Waals surface area contributed by atoms with Crippen LogP contribution in [0.5, 0.6) is 0 Å². The third-order valence-electron chi connectivity index (χ3n) is 4.95. The van der Waals surface area contributed by atoms with E-state index < -0.39 is 0 Å². The number of thioether (sulfide) groups is 2. The van der Waals surface area contributed by atoms with Crippen LogP contribution in [0.15, 0.2) is 34.2 Å². The van der Waals surface area contributed by atoms with Gasteiger partial charge in [0, 0.05) is 22.4 Å². The third-order valence-corrected chi connectivity index (χ3v) is 7.15. The van der Waals surface area contributed by atoms with Gasteiger partial charge in [-0.2, -0.15) is 5.26 Å². The molecule has 0 N–H and O–H groups in total. The van der Waals surface area contributed by atoms with Gasteiger partial charge < -0.3 is 4.90 Å². The number of rotatable bonds is 3. The lowest BCUT2D eigenvalue weighted by Crippen LogP contribution is -2.33. The molecular formula is C21H23N3OS2. The predicted molar refractivity (Wildman–Crippen MR) is 113 cm³/mol. The molecule has 2 heterocycles. The van der Waals surface area contributed by atoms with E-state index in [4.69, 9.17) is 0 Å². The maximum absolute atomic E-state index is 13.0. The van der Waals surface area contributed by atoms with Crippen LogP contribution in [0, 0.1) is 32.1 Å². The zero-order valence-electron chi connectivity index (χ0n) is 16.1. The number of aromatic nitrogens is 1. The zero-order valence-corrected chi connectivity index (χ0v) is 17.7. The summed E-state index contributed by atoms with van der Waals surface area (Å²) in [6.07, 6.45) is 0.959. The van der Waals surface area contributed by atoms with Crippen molar-refractivity contribution in [2.45, 2.75) is 49.3 Å². The minimum Gasteiger partial charge on any atom is -0.311 e. The lowest BCUT2D eigenvalue weighted by Gasteiger charge is -2.22. The molecule has 1 amide bonds. The molecule has 0 bridgehead atoms. The van der Waals surface area contributed by atoms with Gasteiger partial charge in [0.2, 0.25) is 5.91 Å². The standard InChI is InChI=1S/C21H23N3OS2/c1-13-9-10-24(18-7-5-6-8-19(18)27-13)20(25)12-26-21-17(11-22)15(3)14(2)16(4)23-21/h5-8,13H,9-10,12H2,1-4H3/t13-/m0/s1. The quantitative estimate of drug-likeness (QED) is 0.690. The van der Waals surface area contributed by atoms with Crippen molar-refractivity contribution < 1.29 is 4.79 Å². The summed E-state index contributed by atoms with van der Waals surface area (Å²) in [5, 5.41) is 10.7. The summed E-state index contributed by atoms with van der Waals surface area (Å²) in [6.45, 7) is 8.78. The molecule has 0 unspecified atom stereocenters. The number of carbonyl (C=O) groups is 1. The number of nitriles is 1. The van der Waals surface area contributed by atoms with E-state index in [0.29, 0.717) is 15.8 Å². The molecule has 0 spiro atoms. The maximum Gasteiger partial charge on any atom is 0.237 e. The molecule has 4 nitrogen and oxygen atoms in total. The molecule has 27 heavy (non-hydrogen) atoms. The zero-order chi connectivity index (χ0) is 19.6. The lowest BCUT2D eigenvalue weighted by atomic mass is 10.1. The van der Waals surface area contributed by atoms with Crippen molar-refractivity contribution in [1.82, 2.24) is 4.98 Å². The number of para-hydroxylation sites is 1. The Morgan fingerprint density at radius 1 is 1.33 bits per heavy atom. The number of aryl methyl sites for hydroxylation is 1. The number of benzene rings is 1. The van der Waals surface area contributed by atoms with E-state index in [9.17, 15) is 10.1 Å². The average molecular weight is 398 g/mol. The first-order valence-electron chi connectivity index (χ1n) is 8.99. The number of hydrogen-bond acceptors (Lipinski definition) is 5. The molecule has 0 fully saturated rings. The molecule has 1 atom stereocenters. The Bertz CT molecular complexity index is 920. The van der Waals surface area contributed by atoms with Crippen LogP contribution in [0.3, 0.4) is 0 Å². The van der Waals surface area contributed by atoms with Gasteiger partial charge in [0.05, 0.1) is 17.0 Å². The molecule has 140 valence electrons. The molecule has 0 aliphatic carbocycles. The van der Waals surface area contributed by atoms with Crippen LogP contribution in [0.1, 0.15) is 35.7 Å². The van der Waals surface area contributed by atoms with Crippen molar-refractivity contribution in [2.24, 2.45) is 0 Å². The highest BCUT2D eigenvalue weighted by Crippen LogP contribution is 2.37. The Balaban J connectivity index is 1.82. The Labute approximate surface area is 169 Å². The van der Waals surface area contributed by atoms with E-state index in [1.807, 2.05) is 55.6 Å². The van der Waals surface area contributed by atoms with Crippen molar-refractivity contribution in [3.8, 4) is 6.07 Å². The van der Waals surface area contributed by atoms with Crippen molar-refractivity contribution in [3.63, 3.8) is 0 Å². The molecule has 1 aromatic carbocycles. The van der Waals surface area contributed by atoms with Crippen LogP contribution >= 0.6 is 23.5 Å². The smallest absolute Gasteiger partial charge is 0.237 e. The van der Waals surface area contributed by atoms with Gasteiger partial charge in [-0.3, -0.25) is 4.79 Å². The first-order chi connectivity index (χ1) is 12.9. The third kappa shape index (κ3) is 4.15. The minimum absolute atomic E-state index is 0.0590. The Hall–Kier alpha value is -1.97. The molecule has 1 aliphatic rings. The Morgan fingerprint density at radius 2 is 2.07 bits per heavy atom. The first kappa shape index (κ1) is 19.8. The molecular weight excluding hydrogens is 374 g/mol. The van der Waals surface area contributed by atoms with Gasteiger partial charge in [-0.25, -0.2) is 4.98 Å². The lowest BCUT2D eigenvalue weighted by molar-refractivity contribution is -0.116. The fraction of sp³-hybridized carbons (Fsp3) is 0.381. The molecule has 1 aromatic heterocycles. The van der Waals surface area contributed by atoms with Gasteiger partial charge in [0.1, 0.15) is 11.1 Å². The molecule has 2 aromatic rings. The summed E-state index contributed by atoms with van der Waals surface area (Å²) in [5.74, 6) is 0.334. The molecule has 6 heteroatoms. The summed E-state index contributed by atoms with van der Waals surface area (Å²) >= 11 is 3.18. The van der Waals surface area contributed by atoms with E-state index in [-0.39, 0.29) is 11.7 Å². The van der Waals surface area contributed by atoms with E-state index in [0.717, 1.165) is 40.4 Å². The summed E-state index contributed by atoms with van der Waals surface area (Å²) in [5.41, 5.74) is 4.46. The minimum atomic E-state index is 0.0590. The number of carbonyl (C=O) groups excluding carboxylic acids is 1. The monoisotopic (exact) mass is 397 g/mol. The van der Waals surface area contributed by atoms with Gasteiger partial charge in [-0.15, -0.1) is 11.8 Å². The summed E-state index contributed by atoms with van der Waals surface area (Å²) in [7, 11) is 0. The summed E-state index contributed by atoms with van der Waals surface area (Å²) in [4.78, 5) is 20.6.